The van der Waals surface area contributed by atoms with Crippen molar-refractivity contribution in [3.8, 4) is 6.07 Å². The number of carbonyl (C=O) groups is 3. The average molecular weight is 473 g/mol. The molecule has 164 valence electrons. The molecule has 0 aliphatic heterocycles. The van der Waals surface area contributed by atoms with Crippen molar-refractivity contribution >= 4 is 46.0 Å². The Hall–Kier alpha value is -3.47. The SMILES string of the molecule is CC1CCc2c(C#N)c(NC(=O)c3ccc(C(=O)C(=O)c4ccccc4)cc3)sc(=S)c2C1. The highest BCUT2D eigenvalue weighted by Gasteiger charge is 2.24. The zero-order valence-corrected chi connectivity index (χ0v) is 19.5. The van der Waals surface area contributed by atoms with E-state index in [1.54, 1.807) is 30.3 Å². The number of anilines is 1. The topological polar surface area (TPSA) is 87.0 Å². The second-order valence-corrected chi connectivity index (χ2v) is 9.75. The van der Waals surface area contributed by atoms with Crippen LogP contribution in [0.3, 0.4) is 0 Å². The fourth-order valence-electron chi connectivity index (χ4n) is 3.95. The Morgan fingerprint density at radius 3 is 2.21 bits per heavy atom. The first-order chi connectivity index (χ1) is 15.9. The molecule has 0 spiro atoms. The molecule has 0 bridgehead atoms. The number of nitrogens with one attached hydrogen (secondary N) is 1. The molecule has 1 atom stereocenters. The number of hydrogen-bond donors (Lipinski definition) is 1. The predicted octanol–water partition coefficient (Wildman–Crippen LogP) is 5.79. The van der Waals surface area contributed by atoms with Crippen LogP contribution < -0.4 is 5.32 Å². The number of Topliss-reactive ketones (excluding diaryl/α,β-unsaturated/α-hetero) is 2. The summed E-state index contributed by atoms with van der Waals surface area (Å²) in [6.45, 7) is 2.17. The Morgan fingerprint density at radius 2 is 1.58 bits per heavy atom. The summed E-state index contributed by atoms with van der Waals surface area (Å²) in [4.78, 5) is 37.7. The van der Waals surface area contributed by atoms with Crippen LogP contribution in [0.15, 0.2) is 54.6 Å². The highest BCUT2D eigenvalue weighted by molar-refractivity contribution is 7.73. The van der Waals surface area contributed by atoms with E-state index in [-0.39, 0.29) is 5.56 Å². The highest BCUT2D eigenvalue weighted by atomic mass is 32.1. The van der Waals surface area contributed by atoms with Gasteiger partial charge in [0.1, 0.15) is 11.1 Å². The second-order valence-electron chi connectivity index (χ2n) is 8.07. The van der Waals surface area contributed by atoms with E-state index in [1.165, 1.54) is 35.6 Å². The quantitative estimate of drug-likeness (QED) is 0.288. The molecule has 0 fully saturated rings. The van der Waals surface area contributed by atoms with Crippen molar-refractivity contribution in [3.63, 3.8) is 0 Å². The van der Waals surface area contributed by atoms with Crippen LogP contribution in [0.25, 0.3) is 0 Å². The smallest absolute Gasteiger partial charge is 0.256 e. The van der Waals surface area contributed by atoms with E-state index < -0.39 is 17.5 Å². The van der Waals surface area contributed by atoms with Gasteiger partial charge in [0.15, 0.2) is 0 Å². The molecule has 2 aromatic carbocycles. The summed E-state index contributed by atoms with van der Waals surface area (Å²) in [6.07, 6.45) is 2.60. The maximum absolute atomic E-state index is 12.9. The maximum atomic E-state index is 12.9. The van der Waals surface area contributed by atoms with Gasteiger partial charge in [-0.15, -0.1) is 11.3 Å². The van der Waals surface area contributed by atoms with Gasteiger partial charge in [-0.3, -0.25) is 14.4 Å². The van der Waals surface area contributed by atoms with Crippen molar-refractivity contribution in [3.05, 3.63) is 91.8 Å². The fraction of sp³-hybridized carbons (Fsp3) is 0.192. The third-order valence-corrected chi connectivity index (χ3v) is 7.20. The minimum Gasteiger partial charge on any atom is -0.312 e. The molecule has 3 aromatic rings. The number of nitrogens with zero attached hydrogens (tertiary/aromatic N) is 1. The summed E-state index contributed by atoms with van der Waals surface area (Å²) in [6, 6.07) is 16.5. The summed E-state index contributed by atoms with van der Waals surface area (Å²) >= 11 is 6.79. The van der Waals surface area contributed by atoms with Crippen LogP contribution in [0, 0.1) is 21.1 Å². The van der Waals surface area contributed by atoms with Gasteiger partial charge < -0.3 is 5.32 Å². The zero-order chi connectivity index (χ0) is 23.5. The number of benzene rings is 2. The molecule has 1 aromatic heterocycles. The fourth-order valence-corrected chi connectivity index (χ4v) is 5.33. The minimum absolute atomic E-state index is 0.205. The van der Waals surface area contributed by atoms with Crippen LogP contribution in [-0.2, 0) is 12.8 Å². The molecule has 1 unspecified atom stereocenters. The van der Waals surface area contributed by atoms with Crippen LogP contribution in [-0.4, -0.2) is 17.5 Å². The number of nitriles is 1. The third kappa shape index (κ3) is 4.68. The van der Waals surface area contributed by atoms with E-state index >= 15 is 0 Å². The molecular formula is C26H20N2O3S2. The summed E-state index contributed by atoms with van der Waals surface area (Å²) in [7, 11) is 0. The van der Waals surface area contributed by atoms with Crippen LogP contribution in [0.4, 0.5) is 5.00 Å². The Bertz CT molecular complexity index is 1350. The molecule has 1 amide bonds. The molecule has 1 aliphatic carbocycles. The normalized spacial score (nSPS) is 14.6. The van der Waals surface area contributed by atoms with E-state index in [0.29, 0.717) is 31.4 Å². The van der Waals surface area contributed by atoms with Crippen molar-refractivity contribution in [2.75, 3.05) is 5.32 Å². The van der Waals surface area contributed by atoms with Gasteiger partial charge >= 0.3 is 0 Å². The number of ketones is 2. The highest BCUT2D eigenvalue weighted by Crippen LogP contribution is 2.36. The molecule has 0 radical (unpaired) electrons. The summed E-state index contributed by atoms with van der Waals surface area (Å²) in [5.41, 5.74) is 3.30. The Kier molecular flexibility index (Phi) is 6.59. The van der Waals surface area contributed by atoms with E-state index in [1.807, 2.05) is 0 Å². The molecule has 1 aliphatic rings. The first kappa shape index (κ1) is 22.7. The van der Waals surface area contributed by atoms with Gasteiger partial charge in [0.25, 0.3) is 5.91 Å². The molecule has 5 nitrogen and oxygen atoms in total. The van der Waals surface area contributed by atoms with Crippen LogP contribution in [0.1, 0.15) is 61.1 Å². The van der Waals surface area contributed by atoms with Gasteiger partial charge in [-0.05, 0) is 48.4 Å². The van der Waals surface area contributed by atoms with Crippen molar-refractivity contribution in [1.82, 2.24) is 0 Å². The predicted molar refractivity (Wildman–Crippen MR) is 131 cm³/mol. The summed E-state index contributed by atoms with van der Waals surface area (Å²) in [5, 5.41) is 13.0. The molecule has 1 heterocycles. The Balaban J connectivity index is 1.55. The summed E-state index contributed by atoms with van der Waals surface area (Å²) in [5.74, 6) is -1.13. The van der Waals surface area contributed by atoms with E-state index in [2.05, 4.69) is 18.3 Å². The van der Waals surface area contributed by atoms with Gasteiger partial charge in [-0.1, -0.05) is 61.6 Å². The number of fused-ring (bicyclic) bond motifs is 1. The Labute approximate surface area is 200 Å². The first-order valence-corrected chi connectivity index (χ1v) is 11.8. The van der Waals surface area contributed by atoms with E-state index in [0.717, 1.165) is 30.4 Å². The lowest BCUT2D eigenvalue weighted by Crippen LogP contribution is -2.17. The molecular weight excluding hydrogens is 452 g/mol. The van der Waals surface area contributed by atoms with Gasteiger partial charge in [0, 0.05) is 16.7 Å². The molecule has 4 rings (SSSR count). The lowest BCUT2D eigenvalue weighted by molar-refractivity contribution is 0.0817. The van der Waals surface area contributed by atoms with Gasteiger partial charge in [0.05, 0.1) is 9.39 Å². The number of carbonyl (C=O) groups excluding carboxylic acids is 3. The lowest BCUT2D eigenvalue weighted by Gasteiger charge is -2.23. The standard InChI is InChI=1S/C26H20N2O3S2/c1-15-7-12-19-20(13-15)26(32)33-25(21(19)14-27)28-24(31)18-10-8-17(9-11-18)23(30)22(29)16-5-3-2-4-6-16/h2-6,8-11,15H,7,12-13H2,1H3,(H,28,31). The van der Waals surface area contributed by atoms with E-state index in [9.17, 15) is 19.6 Å². The third-order valence-electron chi connectivity index (χ3n) is 5.76. The number of hydrogen-bond acceptors (Lipinski definition) is 6. The molecule has 0 saturated heterocycles. The van der Waals surface area contributed by atoms with Gasteiger partial charge in [0.2, 0.25) is 11.6 Å². The van der Waals surface area contributed by atoms with Crippen LogP contribution in [0.2, 0.25) is 0 Å². The Morgan fingerprint density at radius 1 is 0.970 bits per heavy atom. The zero-order valence-electron chi connectivity index (χ0n) is 17.9. The van der Waals surface area contributed by atoms with Crippen molar-refractivity contribution in [2.24, 2.45) is 5.92 Å². The molecule has 1 N–H and O–H groups in total. The molecule has 7 heteroatoms. The number of amides is 1. The minimum atomic E-state index is -0.637. The lowest BCUT2D eigenvalue weighted by atomic mass is 9.85. The van der Waals surface area contributed by atoms with Gasteiger partial charge in [-0.25, -0.2) is 0 Å². The molecule has 0 saturated carbocycles. The molecule has 33 heavy (non-hydrogen) atoms. The van der Waals surface area contributed by atoms with Gasteiger partial charge in [-0.2, -0.15) is 5.26 Å². The second kappa shape index (κ2) is 9.57. The van der Waals surface area contributed by atoms with Crippen LogP contribution in [0.5, 0.6) is 0 Å². The maximum Gasteiger partial charge on any atom is 0.256 e. The average Bonchev–Trinajstić information content (AvgIpc) is 2.84. The number of rotatable bonds is 5. The summed E-state index contributed by atoms with van der Waals surface area (Å²) < 4.78 is 0.700. The van der Waals surface area contributed by atoms with Crippen molar-refractivity contribution < 1.29 is 14.4 Å². The van der Waals surface area contributed by atoms with E-state index in [4.69, 9.17) is 12.2 Å². The van der Waals surface area contributed by atoms with Crippen LogP contribution >= 0.6 is 23.6 Å². The largest absolute Gasteiger partial charge is 0.312 e. The first-order valence-electron chi connectivity index (χ1n) is 10.5. The van der Waals surface area contributed by atoms with Crippen molar-refractivity contribution in [2.45, 2.75) is 26.2 Å². The monoisotopic (exact) mass is 472 g/mol. The van der Waals surface area contributed by atoms with Crippen molar-refractivity contribution in [1.29, 1.82) is 5.26 Å².